The first-order valence-electron chi connectivity index (χ1n) is 8.08. The average Bonchev–Trinajstić information content (AvgIpc) is 3.06. The monoisotopic (exact) mass is 370 g/mol. The van der Waals surface area contributed by atoms with Crippen molar-refractivity contribution < 1.29 is 22.7 Å². The van der Waals surface area contributed by atoms with Crippen molar-refractivity contribution in [2.24, 2.45) is 0 Å². The fourth-order valence-corrected chi connectivity index (χ4v) is 3.25. The van der Waals surface area contributed by atoms with Gasteiger partial charge in [-0.05, 0) is 48.2 Å². The number of aromatic nitrogens is 2. The molecule has 0 aliphatic carbocycles. The fourth-order valence-electron chi connectivity index (χ4n) is 3.25. The van der Waals surface area contributed by atoms with Crippen molar-refractivity contribution in [2.75, 3.05) is 0 Å². The number of carbonyl (C=O) groups excluding carboxylic acids is 1. The van der Waals surface area contributed by atoms with Crippen LogP contribution in [0.4, 0.5) is 13.2 Å². The fraction of sp³-hybridized carbons (Fsp3) is 0.100. The number of nitrogens with one attached hydrogen (secondary N) is 1. The average molecular weight is 370 g/mol. The maximum atomic E-state index is 12.3. The summed E-state index contributed by atoms with van der Waals surface area (Å²) < 4.78 is 40.9. The van der Waals surface area contributed by atoms with Gasteiger partial charge in [-0.3, -0.25) is 9.89 Å². The number of hydrogen-bond acceptors (Lipinski definition) is 3. The van der Waals surface area contributed by atoms with Crippen molar-refractivity contribution in [1.82, 2.24) is 10.2 Å². The highest BCUT2D eigenvalue weighted by molar-refractivity contribution is 6.11. The smallest absolute Gasteiger partial charge is 0.406 e. The summed E-state index contributed by atoms with van der Waals surface area (Å²) >= 11 is 0. The van der Waals surface area contributed by atoms with Crippen LogP contribution in [-0.2, 0) is 0 Å². The lowest BCUT2D eigenvalue weighted by molar-refractivity contribution is -0.274. The molecular formula is C20H13F3N2O2. The summed E-state index contributed by atoms with van der Waals surface area (Å²) in [5, 5.41) is 10.1. The first kappa shape index (κ1) is 17.1. The minimum atomic E-state index is -4.73. The molecule has 4 aromatic rings. The molecule has 0 bridgehead atoms. The molecule has 136 valence electrons. The van der Waals surface area contributed by atoms with Crippen molar-refractivity contribution in [2.45, 2.75) is 13.3 Å². The second-order valence-corrected chi connectivity index (χ2v) is 6.19. The van der Waals surface area contributed by atoms with Gasteiger partial charge in [0.15, 0.2) is 0 Å². The molecule has 0 unspecified atom stereocenters. The molecule has 0 aliphatic heterocycles. The number of rotatable bonds is 3. The van der Waals surface area contributed by atoms with Crippen molar-refractivity contribution >= 4 is 28.0 Å². The number of fused-ring (bicyclic) bond motifs is 3. The van der Waals surface area contributed by atoms with Crippen LogP contribution in [0, 0.1) is 6.92 Å². The van der Waals surface area contributed by atoms with E-state index in [0.29, 0.717) is 16.8 Å². The molecule has 1 aromatic heterocycles. The second kappa shape index (κ2) is 6.12. The minimum Gasteiger partial charge on any atom is -0.406 e. The van der Waals surface area contributed by atoms with Crippen LogP contribution in [-0.4, -0.2) is 22.8 Å². The summed E-state index contributed by atoms with van der Waals surface area (Å²) in [6, 6.07) is 12.9. The lowest BCUT2D eigenvalue weighted by Gasteiger charge is -2.09. The predicted molar refractivity (Wildman–Crippen MR) is 95.8 cm³/mol. The molecular weight excluding hydrogens is 357 g/mol. The summed E-state index contributed by atoms with van der Waals surface area (Å²) in [5.41, 5.74) is 3.65. The number of aryl methyl sites for hydroxylation is 1. The Hall–Kier alpha value is -3.35. The van der Waals surface area contributed by atoms with Crippen molar-refractivity contribution in [3.05, 3.63) is 59.7 Å². The third-order valence-electron chi connectivity index (χ3n) is 4.38. The number of halogens is 3. The van der Waals surface area contributed by atoms with E-state index in [2.05, 4.69) is 14.9 Å². The Balaban J connectivity index is 1.83. The Bertz CT molecular complexity index is 1160. The molecule has 0 radical (unpaired) electrons. The van der Waals surface area contributed by atoms with Gasteiger partial charge in [-0.2, -0.15) is 5.10 Å². The maximum absolute atomic E-state index is 12.3. The normalized spacial score (nSPS) is 11.9. The molecule has 0 aliphatic rings. The molecule has 0 spiro atoms. The molecule has 0 saturated heterocycles. The van der Waals surface area contributed by atoms with E-state index in [0.717, 1.165) is 33.5 Å². The molecule has 1 N–H and O–H groups in total. The zero-order valence-corrected chi connectivity index (χ0v) is 14.1. The van der Waals surface area contributed by atoms with E-state index in [1.807, 2.05) is 19.1 Å². The van der Waals surface area contributed by atoms with Gasteiger partial charge < -0.3 is 4.74 Å². The highest BCUT2D eigenvalue weighted by Crippen LogP contribution is 2.35. The van der Waals surface area contributed by atoms with Gasteiger partial charge in [-0.15, -0.1) is 13.2 Å². The number of nitrogens with zero attached hydrogens (tertiary/aromatic N) is 1. The molecule has 27 heavy (non-hydrogen) atoms. The first-order chi connectivity index (χ1) is 12.9. The molecule has 0 amide bonds. The lowest BCUT2D eigenvalue weighted by atomic mass is 9.98. The molecule has 0 saturated carbocycles. The number of aldehydes is 1. The number of carbonyl (C=O) groups is 1. The number of aromatic amines is 1. The molecule has 4 rings (SSSR count). The Morgan fingerprint density at radius 1 is 1.07 bits per heavy atom. The summed E-state index contributed by atoms with van der Waals surface area (Å²) in [6.45, 7) is 1.93. The number of hydrogen-bond donors (Lipinski definition) is 1. The van der Waals surface area contributed by atoms with Crippen LogP contribution in [0.2, 0.25) is 0 Å². The van der Waals surface area contributed by atoms with E-state index in [9.17, 15) is 18.0 Å². The van der Waals surface area contributed by atoms with Crippen LogP contribution in [0.25, 0.3) is 32.9 Å². The van der Waals surface area contributed by atoms with Gasteiger partial charge in [-0.25, -0.2) is 0 Å². The predicted octanol–water partition coefficient (Wildman–Crippen LogP) is 5.40. The number of ether oxygens (including phenoxy) is 1. The number of H-pyrrole nitrogens is 1. The van der Waals surface area contributed by atoms with Gasteiger partial charge in [0.1, 0.15) is 17.7 Å². The third-order valence-corrected chi connectivity index (χ3v) is 4.38. The van der Waals surface area contributed by atoms with Gasteiger partial charge in [0.25, 0.3) is 0 Å². The van der Waals surface area contributed by atoms with Gasteiger partial charge in [0.05, 0.1) is 5.52 Å². The van der Waals surface area contributed by atoms with Gasteiger partial charge in [0, 0.05) is 21.9 Å². The maximum Gasteiger partial charge on any atom is 0.573 e. The second-order valence-electron chi connectivity index (χ2n) is 6.19. The number of benzene rings is 3. The Kier molecular flexibility index (Phi) is 3.87. The standard InChI is InChI=1S/C20H13F3N2O2/c1-11-8-14-9-12(10-26)2-7-16(14)19-17(11)18(24-25-19)13-3-5-15(6-4-13)27-20(21,22)23/h2-10H,1H3,(H,24,25). The van der Waals surface area contributed by atoms with Gasteiger partial charge >= 0.3 is 6.36 Å². The van der Waals surface area contributed by atoms with Crippen molar-refractivity contribution in [1.29, 1.82) is 0 Å². The Labute approximate surface area is 151 Å². The van der Waals surface area contributed by atoms with Crippen molar-refractivity contribution in [3.63, 3.8) is 0 Å². The van der Waals surface area contributed by atoms with Crippen LogP contribution >= 0.6 is 0 Å². The molecule has 1 heterocycles. The highest BCUT2D eigenvalue weighted by Gasteiger charge is 2.31. The van der Waals surface area contributed by atoms with E-state index in [4.69, 9.17) is 0 Å². The quantitative estimate of drug-likeness (QED) is 0.491. The van der Waals surface area contributed by atoms with E-state index in [1.165, 1.54) is 24.3 Å². The Morgan fingerprint density at radius 3 is 2.48 bits per heavy atom. The van der Waals surface area contributed by atoms with Crippen LogP contribution in [0.15, 0.2) is 48.5 Å². The van der Waals surface area contributed by atoms with E-state index < -0.39 is 6.36 Å². The summed E-state index contributed by atoms with van der Waals surface area (Å²) in [7, 11) is 0. The summed E-state index contributed by atoms with van der Waals surface area (Å²) in [6.07, 6.45) is -3.93. The minimum absolute atomic E-state index is 0.283. The molecule has 0 atom stereocenters. The molecule has 7 heteroatoms. The van der Waals surface area contributed by atoms with Crippen molar-refractivity contribution in [3.8, 4) is 17.0 Å². The zero-order valence-electron chi connectivity index (χ0n) is 14.1. The van der Waals surface area contributed by atoms with E-state index >= 15 is 0 Å². The SMILES string of the molecule is Cc1cc2cc(C=O)ccc2c2[nH]nc(-c3ccc(OC(F)(F)F)cc3)c12. The van der Waals surface area contributed by atoms with Crippen LogP contribution in [0.3, 0.4) is 0 Å². The molecule has 0 fully saturated rings. The Morgan fingerprint density at radius 2 is 1.81 bits per heavy atom. The van der Waals surface area contributed by atoms with E-state index in [1.54, 1.807) is 12.1 Å². The summed E-state index contributed by atoms with van der Waals surface area (Å²) in [4.78, 5) is 11.0. The summed E-state index contributed by atoms with van der Waals surface area (Å²) in [5.74, 6) is -0.283. The number of alkyl halides is 3. The highest BCUT2D eigenvalue weighted by atomic mass is 19.4. The zero-order chi connectivity index (χ0) is 19.2. The van der Waals surface area contributed by atoms with Gasteiger partial charge in [0.2, 0.25) is 0 Å². The van der Waals surface area contributed by atoms with Crippen LogP contribution in [0.1, 0.15) is 15.9 Å². The molecule has 3 aromatic carbocycles. The lowest BCUT2D eigenvalue weighted by Crippen LogP contribution is -2.16. The first-order valence-corrected chi connectivity index (χ1v) is 8.08. The van der Waals surface area contributed by atoms with E-state index in [-0.39, 0.29) is 5.75 Å². The topological polar surface area (TPSA) is 55.0 Å². The van der Waals surface area contributed by atoms with Gasteiger partial charge in [-0.1, -0.05) is 18.2 Å². The van der Waals surface area contributed by atoms with Crippen LogP contribution < -0.4 is 4.74 Å². The largest absolute Gasteiger partial charge is 0.573 e. The third kappa shape index (κ3) is 3.12. The molecule has 4 nitrogen and oxygen atoms in total. The van der Waals surface area contributed by atoms with Crippen LogP contribution in [0.5, 0.6) is 5.75 Å².